The molecule has 1 heterocycles. The van der Waals surface area contributed by atoms with Crippen LogP contribution < -0.4 is 9.47 Å². The minimum atomic E-state index is -0.440. The highest BCUT2D eigenvalue weighted by atomic mass is 79.9. The van der Waals surface area contributed by atoms with E-state index < -0.39 is 5.97 Å². The molecule has 38 heavy (non-hydrogen) atoms. The molecule has 3 aromatic rings. The maximum atomic E-state index is 13.1. The molecule has 196 valence electrons. The van der Waals surface area contributed by atoms with Crippen LogP contribution in [0.4, 0.5) is 5.69 Å². The average molecular weight is 596 g/mol. The first-order chi connectivity index (χ1) is 18.4. The molecule has 4 rings (SSSR count). The van der Waals surface area contributed by atoms with Crippen LogP contribution in [0.1, 0.15) is 35.3 Å². The van der Waals surface area contributed by atoms with Crippen molar-refractivity contribution in [2.45, 2.75) is 20.5 Å². The molecule has 0 aliphatic carbocycles. The van der Waals surface area contributed by atoms with Crippen molar-refractivity contribution in [1.29, 1.82) is 0 Å². The average Bonchev–Trinajstić information content (AvgIpc) is 3.22. The van der Waals surface area contributed by atoms with E-state index in [2.05, 4.69) is 20.9 Å². The first-order valence-electron chi connectivity index (χ1n) is 12.0. The number of carbonyl (C=O) groups is 2. The molecule has 1 saturated heterocycles. The van der Waals surface area contributed by atoms with Crippen LogP contribution in [0.25, 0.3) is 6.08 Å². The highest BCUT2D eigenvalue weighted by Crippen LogP contribution is 2.36. The van der Waals surface area contributed by atoms with E-state index in [0.717, 1.165) is 15.6 Å². The number of carbonyl (C=O) groups excluding carboxylic acids is 2. The summed E-state index contributed by atoms with van der Waals surface area (Å²) in [5.41, 5.74) is 2.81. The quantitative estimate of drug-likeness (QED) is 0.199. The Hall–Kier alpha value is -3.56. The Bertz CT molecular complexity index is 1390. The normalized spacial score (nSPS) is 15.3. The molecule has 1 aliphatic heterocycles. The molecule has 9 heteroatoms. The molecule has 0 spiro atoms. The van der Waals surface area contributed by atoms with Gasteiger partial charge >= 0.3 is 5.97 Å². The fourth-order valence-electron chi connectivity index (χ4n) is 3.70. The second kappa shape index (κ2) is 12.8. The number of benzene rings is 3. The Labute approximate surface area is 234 Å². The van der Waals surface area contributed by atoms with Gasteiger partial charge < -0.3 is 14.2 Å². The zero-order valence-corrected chi connectivity index (χ0v) is 23.7. The van der Waals surface area contributed by atoms with Gasteiger partial charge in [-0.1, -0.05) is 40.2 Å². The van der Waals surface area contributed by atoms with E-state index in [1.165, 1.54) is 18.9 Å². The van der Waals surface area contributed by atoms with E-state index in [1.807, 2.05) is 62.4 Å². The van der Waals surface area contributed by atoms with Crippen molar-refractivity contribution < 1.29 is 23.8 Å². The number of aliphatic imine (C=N–C) groups is 1. The van der Waals surface area contributed by atoms with Crippen LogP contribution in [0.3, 0.4) is 0 Å². The van der Waals surface area contributed by atoms with Gasteiger partial charge in [-0.3, -0.25) is 9.69 Å². The number of hydrogen-bond donors (Lipinski definition) is 0. The van der Waals surface area contributed by atoms with E-state index in [0.29, 0.717) is 52.6 Å². The SMILES string of the molecule is CCOc1cc(C=C2SC(=Nc3cccc(C(=O)OC)c3)N(CC)C2=O)ccc1OCc1ccc(Br)cc1. The van der Waals surface area contributed by atoms with E-state index in [1.54, 1.807) is 29.2 Å². The summed E-state index contributed by atoms with van der Waals surface area (Å²) in [5, 5.41) is 0.547. The maximum absolute atomic E-state index is 13.1. The van der Waals surface area contributed by atoms with Crippen LogP contribution in [0, 0.1) is 0 Å². The summed E-state index contributed by atoms with van der Waals surface area (Å²) >= 11 is 4.73. The number of nitrogens with zero attached hydrogens (tertiary/aromatic N) is 2. The predicted molar refractivity (Wildman–Crippen MR) is 154 cm³/mol. The van der Waals surface area contributed by atoms with Crippen molar-refractivity contribution in [3.63, 3.8) is 0 Å². The summed E-state index contributed by atoms with van der Waals surface area (Å²) in [6.07, 6.45) is 1.82. The van der Waals surface area contributed by atoms with Gasteiger partial charge in [0.15, 0.2) is 16.7 Å². The minimum absolute atomic E-state index is 0.131. The van der Waals surface area contributed by atoms with Crippen molar-refractivity contribution in [3.05, 3.63) is 92.8 Å². The molecule has 0 unspecified atom stereocenters. The third-order valence-electron chi connectivity index (χ3n) is 5.57. The number of ether oxygens (including phenoxy) is 3. The molecule has 0 saturated carbocycles. The fourth-order valence-corrected chi connectivity index (χ4v) is 5.02. The fraction of sp³-hybridized carbons (Fsp3) is 0.207. The third kappa shape index (κ3) is 6.65. The highest BCUT2D eigenvalue weighted by Gasteiger charge is 2.32. The van der Waals surface area contributed by atoms with Crippen molar-refractivity contribution in [2.24, 2.45) is 4.99 Å². The molecule has 0 N–H and O–H groups in total. The van der Waals surface area contributed by atoms with Gasteiger partial charge in [-0.2, -0.15) is 0 Å². The van der Waals surface area contributed by atoms with Gasteiger partial charge in [0.25, 0.3) is 5.91 Å². The number of methoxy groups -OCH3 is 1. The van der Waals surface area contributed by atoms with Crippen LogP contribution in [0.2, 0.25) is 0 Å². The Morgan fingerprint density at radius 2 is 1.82 bits per heavy atom. The molecular formula is C29H27BrN2O5S. The zero-order chi connectivity index (χ0) is 27.1. The third-order valence-corrected chi connectivity index (χ3v) is 7.10. The minimum Gasteiger partial charge on any atom is -0.490 e. The van der Waals surface area contributed by atoms with Crippen molar-refractivity contribution in [2.75, 3.05) is 20.3 Å². The largest absolute Gasteiger partial charge is 0.490 e. The van der Waals surface area contributed by atoms with Crippen LogP contribution in [-0.2, 0) is 16.1 Å². The van der Waals surface area contributed by atoms with Gasteiger partial charge in [0.1, 0.15) is 6.61 Å². The predicted octanol–water partition coefficient (Wildman–Crippen LogP) is 6.84. The number of halogens is 1. The maximum Gasteiger partial charge on any atom is 0.337 e. The number of amidine groups is 1. The highest BCUT2D eigenvalue weighted by molar-refractivity contribution is 9.10. The topological polar surface area (TPSA) is 77.4 Å². The number of esters is 1. The Morgan fingerprint density at radius 1 is 1.03 bits per heavy atom. The first kappa shape index (κ1) is 27.5. The standard InChI is InChI=1S/C29H27BrN2O5S/c1-4-32-27(33)26(38-29(32)31-23-8-6-7-21(17-23)28(34)35-3)16-20-11-14-24(25(15-20)36-5-2)37-18-19-9-12-22(30)13-10-19/h6-17H,4-5,18H2,1-3H3. The monoisotopic (exact) mass is 594 g/mol. The number of hydrogen-bond acceptors (Lipinski definition) is 7. The van der Waals surface area contributed by atoms with Gasteiger partial charge in [-0.25, -0.2) is 9.79 Å². The molecule has 3 aromatic carbocycles. The lowest BCUT2D eigenvalue weighted by atomic mass is 10.1. The lowest BCUT2D eigenvalue weighted by Crippen LogP contribution is -2.28. The summed E-state index contributed by atoms with van der Waals surface area (Å²) in [4.78, 5) is 31.8. The summed E-state index contributed by atoms with van der Waals surface area (Å²) in [7, 11) is 1.33. The molecular weight excluding hydrogens is 568 g/mol. The second-order valence-electron chi connectivity index (χ2n) is 8.15. The van der Waals surface area contributed by atoms with Crippen LogP contribution in [0.5, 0.6) is 11.5 Å². The lowest BCUT2D eigenvalue weighted by molar-refractivity contribution is -0.122. The number of rotatable bonds is 9. The van der Waals surface area contributed by atoms with E-state index in [9.17, 15) is 9.59 Å². The van der Waals surface area contributed by atoms with Gasteiger partial charge in [0, 0.05) is 11.0 Å². The van der Waals surface area contributed by atoms with Crippen LogP contribution in [-0.4, -0.2) is 42.2 Å². The molecule has 1 aliphatic rings. The van der Waals surface area contributed by atoms with Crippen molar-refractivity contribution in [1.82, 2.24) is 4.90 Å². The summed E-state index contributed by atoms with van der Waals surface area (Å²) in [6, 6.07) is 20.4. The smallest absolute Gasteiger partial charge is 0.337 e. The second-order valence-corrected chi connectivity index (χ2v) is 10.1. The van der Waals surface area contributed by atoms with Crippen molar-refractivity contribution in [3.8, 4) is 11.5 Å². The van der Waals surface area contributed by atoms with E-state index in [4.69, 9.17) is 14.2 Å². The van der Waals surface area contributed by atoms with Gasteiger partial charge in [-0.05, 0) is 85.3 Å². The number of amides is 1. The first-order valence-corrected chi connectivity index (χ1v) is 13.6. The Kier molecular flexibility index (Phi) is 9.25. The molecule has 0 aromatic heterocycles. The number of thioether (sulfide) groups is 1. The zero-order valence-electron chi connectivity index (χ0n) is 21.3. The van der Waals surface area contributed by atoms with E-state index in [-0.39, 0.29) is 5.91 Å². The molecule has 1 fully saturated rings. The molecule has 1 amide bonds. The molecule has 0 radical (unpaired) electrons. The van der Waals surface area contributed by atoms with E-state index >= 15 is 0 Å². The van der Waals surface area contributed by atoms with Gasteiger partial charge in [-0.15, -0.1) is 0 Å². The molecule has 7 nitrogen and oxygen atoms in total. The Balaban J connectivity index is 1.56. The van der Waals surface area contributed by atoms with Gasteiger partial charge in [0.2, 0.25) is 0 Å². The summed E-state index contributed by atoms with van der Waals surface area (Å²) in [6.45, 7) is 5.16. The van der Waals surface area contributed by atoms with Crippen LogP contribution >= 0.6 is 27.7 Å². The van der Waals surface area contributed by atoms with Gasteiger partial charge in [0.05, 0.1) is 29.9 Å². The lowest BCUT2D eigenvalue weighted by Gasteiger charge is -2.13. The number of likely N-dealkylation sites (N-methyl/N-ethyl adjacent to an activating group) is 1. The summed E-state index contributed by atoms with van der Waals surface area (Å²) < 4.78 is 17.7. The molecule has 0 atom stereocenters. The molecule has 0 bridgehead atoms. The summed E-state index contributed by atoms with van der Waals surface area (Å²) in [5.74, 6) is 0.666. The van der Waals surface area contributed by atoms with Crippen LogP contribution in [0.15, 0.2) is 81.1 Å². The van der Waals surface area contributed by atoms with Crippen molar-refractivity contribution >= 4 is 56.5 Å². The Morgan fingerprint density at radius 3 is 2.53 bits per heavy atom.